The van der Waals surface area contributed by atoms with Crippen molar-refractivity contribution in [3.05, 3.63) is 61.6 Å². The highest BCUT2D eigenvalue weighted by Crippen LogP contribution is 2.30. The Bertz CT molecular complexity index is 1010. The highest BCUT2D eigenvalue weighted by atomic mass is 32.1. The molecule has 5 nitrogen and oxygen atoms in total. The van der Waals surface area contributed by atoms with Crippen molar-refractivity contribution >= 4 is 28.3 Å². The van der Waals surface area contributed by atoms with Crippen LogP contribution in [0.5, 0.6) is 5.75 Å². The second-order valence-electron chi connectivity index (χ2n) is 6.30. The summed E-state index contributed by atoms with van der Waals surface area (Å²) >= 11 is 1.52. The van der Waals surface area contributed by atoms with Gasteiger partial charge in [-0.15, -0.1) is 11.3 Å². The quantitative estimate of drug-likeness (QED) is 0.511. The summed E-state index contributed by atoms with van der Waals surface area (Å²) in [6, 6.07) is 8.53. The molecule has 0 saturated carbocycles. The van der Waals surface area contributed by atoms with Gasteiger partial charge in [-0.3, -0.25) is 0 Å². The topological polar surface area (TPSA) is 65.7 Å². The van der Waals surface area contributed by atoms with Gasteiger partial charge in [-0.2, -0.15) is 0 Å². The number of aryl methyl sites for hydroxylation is 2. The number of ether oxygens (including phenoxy) is 2. The predicted molar refractivity (Wildman–Crippen MR) is 99.1 cm³/mol. The molecule has 0 amide bonds. The number of rotatable bonds is 4. The minimum absolute atomic E-state index is 0.0236. The van der Waals surface area contributed by atoms with Gasteiger partial charge in [0.25, 0.3) is 0 Å². The van der Waals surface area contributed by atoms with Gasteiger partial charge in [-0.05, 0) is 49.4 Å². The molecule has 4 rings (SSSR count). The van der Waals surface area contributed by atoms with Crippen molar-refractivity contribution in [3.8, 4) is 5.75 Å². The number of esters is 1. The molecule has 0 saturated heterocycles. The Hall–Kier alpha value is -2.60. The second kappa shape index (κ2) is 6.96. The number of thiophene rings is 1. The van der Waals surface area contributed by atoms with Gasteiger partial charge in [0.05, 0.1) is 7.11 Å². The van der Waals surface area contributed by atoms with E-state index in [4.69, 9.17) is 13.9 Å². The lowest BCUT2D eigenvalue weighted by atomic mass is 9.99. The summed E-state index contributed by atoms with van der Waals surface area (Å²) < 4.78 is 15.8. The summed E-state index contributed by atoms with van der Waals surface area (Å²) in [6.45, 7) is 0.0236. The van der Waals surface area contributed by atoms with Crippen LogP contribution in [-0.4, -0.2) is 13.1 Å². The van der Waals surface area contributed by atoms with E-state index in [2.05, 4.69) is 0 Å². The Morgan fingerprint density at radius 2 is 2.04 bits per heavy atom. The number of benzene rings is 1. The molecule has 3 aromatic rings. The van der Waals surface area contributed by atoms with Gasteiger partial charge in [0, 0.05) is 28.0 Å². The van der Waals surface area contributed by atoms with Crippen LogP contribution in [0.1, 0.15) is 38.5 Å². The zero-order valence-electron chi connectivity index (χ0n) is 14.4. The van der Waals surface area contributed by atoms with Gasteiger partial charge in [0.1, 0.15) is 22.8 Å². The third kappa shape index (κ3) is 3.24. The van der Waals surface area contributed by atoms with E-state index in [0.717, 1.165) is 18.2 Å². The van der Waals surface area contributed by atoms with E-state index in [1.165, 1.54) is 40.7 Å². The van der Waals surface area contributed by atoms with E-state index in [1.807, 2.05) is 6.07 Å². The van der Waals surface area contributed by atoms with Gasteiger partial charge in [0.2, 0.25) is 0 Å². The van der Waals surface area contributed by atoms with Crippen molar-refractivity contribution in [2.75, 3.05) is 7.11 Å². The van der Waals surface area contributed by atoms with Crippen molar-refractivity contribution in [3.63, 3.8) is 0 Å². The third-order valence-corrected chi connectivity index (χ3v) is 5.81. The highest BCUT2D eigenvalue weighted by Gasteiger charge is 2.18. The van der Waals surface area contributed by atoms with E-state index in [9.17, 15) is 9.59 Å². The summed E-state index contributed by atoms with van der Waals surface area (Å²) in [4.78, 5) is 26.2. The average molecular weight is 370 g/mol. The Morgan fingerprint density at radius 3 is 2.85 bits per heavy atom. The molecule has 1 aliphatic rings. The SMILES string of the molecule is COc1ccc2c(COC(=O)c3cc4c(s3)CCCC4)cc(=O)oc2c1. The summed E-state index contributed by atoms with van der Waals surface area (Å²) in [5, 5.41) is 0.726. The molecule has 0 aliphatic heterocycles. The third-order valence-electron chi connectivity index (χ3n) is 4.59. The number of hydrogen-bond donors (Lipinski definition) is 0. The Kier molecular flexibility index (Phi) is 4.51. The summed E-state index contributed by atoms with van der Waals surface area (Å²) in [7, 11) is 1.55. The molecular weight excluding hydrogens is 352 g/mol. The molecule has 0 bridgehead atoms. The molecule has 1 aromatic carbocycles. The molecular formula is C20H18O5S. The van der Waals surface area contributed by atoms with Gasteiger partial charge in [-0.1, -0.05) is 0 Å². The first-order valence-electron chi connectivity index (χ1n) is 8.53. The maximum atomic E-state index is 12.4. The number of carbonyl (C=O) groups excluding carboxylic acids is 1. The maximum Gasteiger partial charge on any atom is 0.348 e. The van der Waals surface area contributed by atoms with Crippen LogP contribution >= 0.6 is 11.3 Å². The average Bonchev–Trinajstić information content (AvgIpc) is 3.09. The van der Waals surface area contributed by atoms with E-state index < -0.39 is 5.63 Å². The molecule has 0 radical (unpaired) electrons. The zero-order valence-corrected chi connectivity index (χ0v) is 15.2. The van der Waals surface area contributed by atoms with Crippen LogP contribution in [-0.2, 0) is 24.2 Å². The van der Waals surface area contributed by atoms with Crippen molar-refractivity contribution in [1.82, 2.24) is 0 Å². The normalized spacial score (nSPS) is 13.4. The molecule has 26 heavy (non-hydrogen) atoms. The Labute approximate surface area is 154 Å². The van der Waals surface area contributed by atoms with E-state index >= 15 is 0 Å². The first-order chi connectivity index (χ1) is 12.6. The molecule has 1 aliphatic carbocycles. The maximum absolute atomic E-state index is 12.4. The first-order valence-corrected chi connectivity index (χ1v) is 9.35. The lowest BCUT2D eigenvalue weighted by Crippen LogP contribution is -2.07. The number of hydrogen-bond acceptors (Lipinski definition) is 6. The van der Waals surface area contributed by atoms with Crippen LogP contribution < -0.4 is 10.4 Å². The molecule has 0 N–H and O–H groups in total. The molecule has 2 aromatic heterocycles. The fourth-order valence-electron chi connectivity index (χ4n) is 3.26. The predicted octanol–water partition coefficient (Wildman–Crippen LogP) is 4.10. The lowest BCUT2D eigenvalue weighted by molar-refractivity contribution is 0.0479. The van der Waals surface area contributed by atoms with Crippen LogP contribution in [0.25, 0.3) is 11.0 Å². The fourth-order valence-corrected chi connectivity index (χ4v) is 4.41. The van der Waals surface area contributed by atoms with Crippen LogP contribution in [0.2, 0.25) is 0 Å². The van der Waals surface area contributed by atoms with E-state index in [0.29, 0.717) is 21.8 Å². The van der Waals surface area contributed by atoms with Gasteiger partial charge in [0.15, 0.2) is 0 Å². The summed E-state index contributed by atoms with van der Waals surface area (Å²) in [5.41, 5.74) is 1.82. The minimum atomic E-state index is -0.483. The minimum Gasteiger partial charge on any atom is -0.497 e. The highest BCUT2D eigenvalue weighted by molar-refractivity contribution is 7.14. The van der Waals surface area contributed by atoms with Gasteiger partial charge < -0.3 is 13.9 Å². The lowest BCUT2D eigenvalue weighted by Gasteiger charge is -2.08. The van der Waals surface area contributed by atoms with Crippen LogP contribution in [0.3, 0.4) is 0 Å². The fraction of sp³-hybridized carbons (Fsp3) is 0.300. The molecule has 134 valence electrons. The van der Waals surface area contributed by atoms with Crippen LogP contribution in [0.15, 0.2) is 39.5 Å². The molecule has 0 unspecified atom stereocenters. The Balaban J connectivity index is 1.56. The van der Waals surface area contributed by atoms with Crippen molar-refractivity contribution in [2.24, 2.45) is 0 Å². The van der Waals surface area contributed by atoms with Gasteiger partial charge >= 0.3 is 11.6 Å². The van der Waals surface area contributed by atoms with E-state index in [-0.39, 0.29) is 12.6 Å². The van der Waals surface area contributed by atoms with Crippen molar-refractivity contribution in [2.45, 2.75) is 32.3 Å². The summed E-state index contributed by atoms with van der Waals surface area (Å²) in [5.74, 6) is 0.248. The van der Waals surface area contributed by atoms with Crippen LogP contribution in [0, 0.1) is 0 Å². The molecule has 6 heteroatoms. The molecule has 0 spiro atoms. The smallest absolute Gasteiger partial charge is 0.348 e. The number of carbonyl (C=O) groups is 1. The first kappa shape index (κ1) is 16.8. The second-order valence-corrected chi connectivity index (χ2v) is 7.43. The molecule has 0 atom stereocenters. The van der Waals surface area contributed by atoms with Crippen molar-refractivity contribution in [1.29, 1.82) is 0 Å². The van der Waals surface area contributed by atoms with Crippen LogP contribution in [0.4, 0.5) is 0 Å². The molecule has 2 heterocycles. The largest absolute Gasteiger partial charge is 0.497 e. The molecule has 0 fully saturated rings. The monoisotopic (exact) mass is 370 g/mol. The standard InChI is InChI=1S/C20H18O5S/c1-23-14-6-7-15-13(9-19(21)25-16(15)10-14)11-24-20(22)18-8-12-4-2-3-5-17(12)26-18/h6-10H,2-5,11H2,1H3. The summed E-state index contributed by atoms with van der Waals surface area (Å²) in [6.07, 6.45) is 4.43. The number of methoxy groups -OCH3 is 1. The van der Waals surface area contributed by atoms with Crippen molar-refractivity contribution < 1.29 is 18.7 Å². The van der Waals surface area contributed by atoms with Gasteiger partial charge in [-0.25, -0.2) is 9.59 Å². The number of fused-ring (bicyclic) bond motifs is 2. The Morgan fingerprint density at radius 1 is 1.19 bits per heavy atom. The zero-order chi connectivity index (χ0) is 18.1. The van der Waals surface area contributed by atoms with E-state index in [1.54, 1.807) is 25.3 Å².